The highest BCUT2D eigenvalue weighted by molar-refractivity contribution is 7.94. The smallest absolute Gasteiger partial charge is 0.332 e. The summed E-state index contributed by atoms with van der Waals surface area (Å²) in [6.45, 7) is 2.91. The van der Waals surface area contributed by atoms with Gasteiger partial charge in [-0.15, -0.1) is 0 Å². The number of hydrogen-bond acceptors (Lipinski definition) is 3. The van der Waals surface area contributed by atoms with Crippen LogP contribution in [0.25, 0.3) is 0 Å². The number of carbonyl (C=O) groups is 1. The first-order chi connectivity index (χ1) is 5.30. The van der Waals surface area contributed by atoms with Crippen molar-refractivity contribution in [1.82, 2.24) is 0 Å². The molecule has 0 amide bonds. The predicted octanol–water partition coefficient (Wildman–Crippen LogP) is 0.800. The summed E-state index contributed by atoms with van der Waals surface area (Å²) in [5, 5.41) is 8.52. The van der Waals surface area contributed by atoms with Crippen molar-refractivity contribution in [2.45, 2.75) is 20.3 Å². The molecule has 0 rings (SSSR count). The van der Waals surface area contributed by atoms with Gasteiger partial charge in [-0.1, -0.05) is 6.92 Å². The summed E-state index contributed by atoms with van der Waals surface area (Å²) in [5.74, 6) is -1.18. The molecule has 0 aromatic heterocycles. The molecule has 0 saturated carbocycles. The van der Waals surface area contributed by atoms with Crippen LogP contribution in [0.5, 0.6) is 0 Å². The molecule has 4 nitrogen and oxygen atoms in total. The third kappa shape index (κ3) is 2.65. The van der Waals surface area contributed by atoms with Gasteiger partial charge >= 0.3 is 5.97 Å². The monoisotopic (exact) mass is 192 g/mol. The number of carboxylic acids is 1. The topological polar surface area (TPSA) is 71.4 Å². The van der Waals surface area contributed by atoms with E-state index in [1.807, 2.05) is 0 Å². The maximum Gasteiger partial charge on any atom is 0.332 e. The Balaban J connectivity index is 5.31. The van der Waals surface area contributed by atoms with Crippen LogP contribution in [0.4, 0.5) is 0 Å². The van der Waals surface area contributed by atoms with Gasteiger partial charge in [-0.25, -0.2) is 13.2 Å². The summed E-state index contributed by atoms with van der Waals surface area (Å²) < 4.78 is 22.0. The molecular formula is C7H12O4S. The largest absolute Gasteiger partial charge is 0.478 e. The molecular weight excluding hydrogens is 180 g/mol. The summed E-state index contributed by atoms with van der Waals surface area (Å²) in [6, 6.07) is 0. The maximum absolute atomic E-state index is 11.0. The molecule has 0 spiro atoms. The Morgan fingerprint density at radius 3 is 1.92 bits per heavy atom. The first-order valence-electron chi connectivity index (χ1n) is 3.43. The van der Waals surface area contributed by atoms with E-state index in [0.29, 0.717) is 0 Å². The van der Waals surface area contributed by atoms with Crippen LogP contribution in [-0.2, 0) is 14.6 Å². The average Bonchev–Trinajstić information content (AvgIpc) is 1.85. The molecule has 12 heavy (non-hydrogen) atoms. The zero-order chi connectivity index (χ0) is 9.94. The highest BCUT2D eigenvalue weighted by Gasteiger charge is 2.16. The van der Waals surface area contributed by atoms with Crippen molar-refractivity contribution in [3.8, 4) is 0 Å². The lowest BCUT2D eigenvalue weighted by molar-refractivity contribution is -0.132. The molecule has 0 aliphatic carbocycles. The summed E-state index contributed by atoms with van der Waals surface area (Å²) >= 11 is 0. The van der Waals surface area contributed by atoms with Gasteiger partial charge in [0.05, 0.1) is 4.91 Å². The van der Waals surface area contributed by atoms with Gasteiger partial charge in [-0.05, 0) is 13.3 Å². The van der Waals surface area contributed by atoms with Gasteiger partial charge in [0, 0.05) is 11.8 Å². The molecule has 5 heteroatoms. The van der Waals surface area contributed by atoms with Crippen molar-refractivity contribution >= 4 is 15.8 Å². The van der Waals surface area contributed by atoms with E-state index in [0.717, 1.165) is 6.26 Å². The van der Waals surface area contributed by atoms with E-state index in [1.54, 1.807) is 6.92 Å². The Morgan fingerprint density at radius 1 is 1.42 bits per heavy atom. The van der Waals surface area contributed by atoms with Crippen LogP contribution in [0.1, 0.15) is 20.3 Å². The van der Waals surface area contributed by atoms with Crippen LogP contribution in [-0.4, -0.2) is 25.7 Å². The third-order valence-electron chi connectivity index (χ3n) is 1.51. The van der Waals surface area contributed by atoms with Crippen LogP contribution < -0.4 is 0 Å². The fourth-order valence-electron chi connectivity index (χ4n) is 0.925. The average molecular weight is 192 g/mol. The number of carboxylic acid groups (broad SMARTS) is 1. The van der Waals surface area contributed by atoms with E-state index in [4.69, 9.17) is 5.11 Å². The second-order valence-electron chi connectivity index (χ2n) is 2.48. The number of aliphatic carboxylic acids is 1. The van der Waals surface area contributed by atoms with Gasteiger partial charge in [0.2, 0.25) is 0 Å². The second-order valence-corrected chi connectivity index (χ2v) is 4.52. The third-order valence-corrected chi connectivity index (χ3v) is 3.00. The lowest BCUT2D eigenvalue weighted by Gasteiger charge is -2.03. The van der Waals surface area contributed by atoms with Gasteiger partial charge in [0.15, 0.2) is 9.84 Å². The number of sulfone groups is 1. The molecule has 0 bridgehead atoms. The van der Waals surface area contributed by atoms with Crippen molar-refractivity contribution < 1.29 is 18.3 Å². The molecule has 0 aliphatic rings. The second kappa shape index (κ2) is 3.71. The number of allylic oxidation sites excluding steroid dienone is 1. The molecule has 0 saturated heterocycles. The lowest BCUT2D eigenvalue weighted by Crippen LogP contribution is -2.08. The fourth-order valence-corrected chi connectivity index (χ4v) is 2.09. The minimum absolute atomic E-state index is 0.00463. The van der Waals surface area contributed by atoms with E-state index in [9.17, 15) is 13.2 Å². The van der Waals surface area contributed by atoms with Crippen molar-refractivity contribution in [2.24, 2.45) is 0 Å². The van der Waals surface area contributed by atoms with Gasteiger partial charge in [-0.3, -0.25) is 0 Å². The molecule has 70 valence electrons. The van der Waals surface area contributed by atoms with Crippen molar-refractivity contribution in [3.05, 3.63) is 10.5 Å². The molecule has 1 N–H and O–H groups in total. The van der Waals surface area contributed by atoms with Gasteiger partial charge in [0.25, 0.3) is 0 Å². The minimum Gasteiger partial charge on any atom is -0.478 e. The van der Waals surface area contributed by atoms with E-state index in [1.165, 1.54) is 6.92 Å². The highest BCUT2D eigenvalue weighted by Crippen LogP contribution is 2.14. The van der Waals surface area contributed by atoms with E-state index in [-0.39, 0.29) is 16.9 Å². The first kappa shape index (κ1) is 11.2. The molecule has 0 unspecified atom stereocenters. The number of hydrogen-bond donors (Lipinski definition) is 1. The molecule has 0 aromatic carbocycles. The van der Waals surface area contributed by atoms with Crippen molar-refractivity contribution in [3.63, 3.8) is 0 Å². The fraction of sp³-hybridized carbons (Fsp3) is 0.571. The zero-order valence-electron chi connectivity index (χ0n) is 7.29. The maximum atomic E-state index is 11.0. The van der Waals surface area contributed by atoms with Gasteiger partial charge < -0.3 is 5.11 Å². The first-order valence-corrected chi connectivity index (χ1v) is 5.33. The summed E-state index contributed by atoms with van der Waals surface area (Å²) in [4.78, 5) is 10.4. The van der Waals surface area contributed by atoms with Crippen LogP contribution >= 0.6 is 0 Å². The van der Waals surface area contributed by atoms with Crippen LogP contribution in [0.3, 0.4) is 0 Å². The van der Waals surface area contributed by atoms with E-state index < -0.39 is 15.8 Å². The summed E-state index contributed by atoms with van der Waals surface area (Å²) in [7, 11) is -3.36. The normalized spacial score (nSPS) is 13.9. The Labute approximate surface area is 71.8 Å². The Bertz CT molecular complexity index is 310. The molecule has 0 atom stereocenters. The standard InChI is InChI=1S/C7H12O4S/c1-4-6(12(3,10)11)5(2)7(8)9/h4H2,1-3H3,(H,8,9)/b6-5+. The van der Waals surface area contributed by atoms with E-state index >= 15 is 0 Å². The number of rotatable bonds is 3. The lowest BCUT2D eigenvalue weighted by atomic mass is 10.2. The van der Waals surface area contributed by atoms with E-state index in [2.05, 4.69) is 0 Å². The quantitative estimate of drug-likeness (QED) is 0.671. The molecule has 0 fully saturated rings. The SMILES string of the molecule is CC/C(=C(/C)C(=O)O)S(C)(=O)=O. The highest BCUT2D eigenvalue weighted by atomic mass is 32.2. The molecule has 0 radical (unpaired) electrons. The Hall–Kier alpha value is -0.840. The summed E-state index contributed by atoms with van der Waals surface area (Å²) in [5.41, 5.74) is -0.0972. The predicted molar refractivity (Wildman–Crippen MR) is 45.5 cm³/mol. The Morgan fingerprint density at radius 2 is 1.83 bits per heavy atom. The minimum atomic E-state index is -3.36. The van der Waals surface area contributed by atoms with Gasteiger partial charge in [-0.2, -0.15) is 0 Å². The zero-order valence-corrected chi connectivity index (χ0v) is 8.10. The molecule has 0 aliphatic heterocycles. The van der Waals surface area contributed by atoms with Crippen LogP contribution in [0.15, 0.2) is 10.5 Å². The van der Waals surface area contributed by atoms with Gasteiger partial charge in [0.1, 0.15) is 0 Å². The Kier molecular flexibility index (Phi) is 3.45. The van der Waals surface area contributed by atoms with Crippen molar-refractivity contribution in [1.29, 1.82) is 0 Å². The summed E-state index contributed by atoms with van der Waals surface area (Å²) in [6.07, 6.45) is 1.23. The molecule has 0 aromatic rings. The van der Waals surface area contributed by atoms with Crippen LogP contribution in [0.2, 0.25) is 0 Å². The van der Waals surface area contributed by atoms with Crippen molar-refractivity contribution in [2.75, 3.05) is 6.26 Å². The molecule has 0 heterocycles. The van der Waals surface area contributed by atoms with Crippen LogP contribution in [0, 0.1) is 0 Å².